The fraction of sp³-hybridized carbons (Fsp3) is 0.450. The van der Waals surface area contributed by atoms with Gasteiger partial charge in [0.15, 0.2) is 9.84 Å². The highest BCUT2D eigenvalue weighted by atomic mass is 32.2. The largest absolute Gasteiger partial charge is 0.467 e. The standard InChI is InChI=1S/C20H24N2O6S2/c23-20(16-5-7-19(8-6-16)30(26,27)21-10-1-2-11-21)22(14-18-4-3-12-28-18)17-9-13-29(24,25)15-17/h3-8,12,17H,1-2,9-11,13-15H2/t17-/m0/s1. The average molecular weight is 453 g/mol. The third kappa shape index (κ3) is 4.30. The molecule has 3 heterocycles. The molecule has 1 amide bonds. The number of carbonyl (C=O) groups excluding carboxylic acids is 1. The highest BCUT2D eigenvalue weighted by molar-refractivity contribution is 7.91. The van der Waals surface area contributed by atoms with E-state index in [4.69, 9.17) is 4.42 Å². The minimum absolute atomic E-state index is 0.0482. The van der Waals surface area contributed by atoms with E-state index >= 15 is 0 Å². The predicted molar refractivity (Wildman–Crippen MR) is 110 cm³/mol. The lowest BCUT2D eigenvalue weighted by Gasteiger charge is -2.27. The van der Waals surface area contributed by atoms with Crippen molar-refractivity contribution in [1.82, 2.24) is 9.21 Å². The molecule has 0 radical (unpaired) electrons. The summed E-state index contributed by atoms with van der Waals surface area (Å²) >= 11 is 0. The Hall–Kier alpha value is -2.17. The quantitative estimate of drug-likeness (QED) is 0.663. The Morgan fingerprint density at radius 3 is 2.40 bits per heavy atom. The third-order valence-electron chi connectivity index (χ3n) is 5.62. The Balaban J connectivity index is 1.58. The molecule has 0 aliphatic carbocycles. The molecule has 2 saturated heterocycles. The number of sulfonamides is 1. The van der Waals surface area contributed by atoms with E-state index in [1.54, 1.807) is 12.1 Å². The first-order valence-corrected chi connectivity index (χ1v) is 13.2. The molecule has 10 heteroatoms. The predicted octanol–water partition coefficient (Wildman–Crippen LogP) is 1.89. The van der Waals surface area contributed by atoms with Crippen molar-refractivity contribution in [2.24, 2.45) is 0 Å². The lowest BCUT2D eigenvalue weighted by Crippen LogP contribution is -2.40. The molecule has 1 atom stereocenters. The van der Waals surface area contributed by atoms with Crippen LogP contribution in [0.3, 0.4) is 0 Å². The summed E-state index contributed by atoms with van der Waals surface area (Å²) in [5.41, 5.74) is 0.311. The van der Waals surface area contributed by atoms with Gasteiger partial charge in [-0.2, -0.15) is 4.31 Å². The number of rotatable bonds is 6. The van der Waals surface area contributed by atoms with Crippen LogP contribution in [0.2, 0.25) is 0 Å². The van der Waals surface area contributed by atoms with Crippen LogP contribution in [0.5, 0.6) is 0 Å². The van der Waals surface area contributed by atoms with Crippen LogP contribution >= 0.6 is 0 Å². The first-order valence-electron chi connectivity index (χ1n) is 9.90. The normalized spacial score (nSPS) is 21.7. The zero-order chi connectivity index (χ0) is 21.4. The minimum atomic E-state index is -3.56. The molecular weight excluding hydrogens is 428 g/mol. The number of hydrogen-bond acceptors (Lipinski definition) is 6. The number of sulfone groups is 1. The van der Waals surface area contributed by atoms with Crippen molar-refractivity contribution in [3.05, 3.63) is 54.0 Å². The fourth-order valence-electron chi connectivity index (χ4n) is 3.97. The number of nitrogens with zero attached hydrogens (tertiary/aromatic N) is 2. The molecule has 2 aromatic rings. The van der Waals surface area contributed by atoms with Crippen LogP contribution < -0.4 is 0 Å². The maximum atomic E-state index is 13.2. The summed E-state index contributed by atoms with van der Waals surface area (Å²) in [7, 11) is -6.74. The van der Waals surface area contributed by atoms with E-state index in [0.717, 1.165) is 12.8 Å². The number of furan rings is 1. The second-order valence-corrected chi connectivity index (χ2v) is 11.9. The zero-order valence-electron chi connectivity index (χ0n) is 16.4. The van der Waals surface area contributed by atoms with Crippen molar-refractivity contribution in [2.45, 2.75) is 36.7 Å². The highest BCUT2D eigenvalue weighted by Gasteiger charge is 2.35. The van der Waals surface area contributed by atoms with Gasteiger partial charge in [-0.3, -0.25) is 4.79 Å². The van der Waals surface area contributed by atoms with Crippen molar-refractivity contribution < 1.29 is 26.0 Å². The van der Waals surface area contributed by atoms with Crippen molar-refractivity contribution in [2.75, 3.05) is 24.6 Å². The molecule has 1 aromatic heterocycles. The molecule has 4 rings (SSSR count). The summed E-state index contributed by atoms with van der Waals surface area (Å²) in [5, 5.41) is 0. The first-order chi connectivity index (χ1) is 14.3. The Bertz CT molecular complexity index is 1100. The van der Waals surface area contributed by atoms with E-state index in [1.165, 1.54) is 39.7 Å². The second kappa shape index (κ2) is 8.16. The highest BCUT2D eigenvalue weighted by Crippen LogP contribution is 2.25. The van der Waals surface area contributed by atoms with E-state index < -0.39 is 25.9 Å². The van der Waals surface area contributed by atoms with E-state index in [1.807, 2.05) is 0 Å². The fourth-order valence-corrected chi connectivity index (χ4v) is 7.22. The van der Waals surface area contributed by atoms with Gasteiger partial charge in [-0.05, 0) is 55.7 Å². The lowest BCUT2D eigenvalue weighted by atomic mass is 10.1. The van der Waals surface area contributed by atoms with Crippen LogP contribution in [0, 0.1) is 0 Å². The van der Waals surface area contributed by atoms with Crippen LogP contribution in [-0.2, 0) is 26.4 Å². The van der Waals surface area contributed by atoms with E-state index in [-0.39, 0.29) is 28.9 Å². The van der Waals surface area contributed by atoms with Crippen LogP contribution in [0.15, 0.2) is 52.0 Å². The Morgan fingerprint density at radius 1 is 1.13 bits per heavy atom. The summed E-state index contributed by atoms with van der Waals surface area (Å²) in [6, 6.07) is 8.86. The van der Waals surface area contributed by atoms with Gasteiger partial charge in [0.25, 0.3) is 5.91 Å². The summed E-state index contributed by atoms with van der Waals surface area (Å²) in [6.07, 6.45) is 3.57. The lowest BCUT2D eigenvalue weighted by molar-refractivity contribution is 0.0666. The van der Waals surface area contributed by atoms with Gasteiger partial charge in [0.1, 0.15) is 5.76 Å². The molecule has 2 aliphatic heterocycles. The van der Waals surface area contributed by atoms with Crippen molar-refractivity contribution in [3.63, 3.8) is 0 Å². The Morgan fingerprint density at radius 2 is 1.83 bits per heavy atom. The van der Waals surface area contributed by atoms with Gasteiger partial charge >= 0.3 is 0 Å². The van der Waals surface area contributed by atoms with Gasteiger partial charge in [-0.15, -0.1) is 0 Å². The van der Waals surface area contributed by atoms with E-state index in [9.17, 15) is 21.6 Å². The monoisotopic (exact) mass is 452 g/mol. The van der Waals surface area contributed by atoms with Gasteiger partial charge in [0, 0.05) is 24.7 Å². The van der Waals surface area contributed by atoms with E-state index in [0.29, 0.717) is 30.8 Å². The number of amides is 1. The molecule has 2 fully saturated rings. The van der Waals surface area contributed by atoms with Crippen LogP contribution in [-0.4, -0.2) is 62.6 Å². The number of carbonyl (C=O) groups is 1. The Labute approximate surface area is 176 Å². The minimum Gasteiger partial charge on any atom is -0.467 e. The maximum Gasteiger partial charge on any atom is 0.254 e. The van der Waals surface area contributed by atoms with Gasteiger partial charge < -0.3 is 9.32 Å². The summed E-state index contributed by atoms with van der Waals surface area (Å²) < 4.78 is 56.1. The summed E-state index contributed by atoms with van der Waals surface area (Å²) in [4.78, 5) is 14.9. The number of hydrogen-bond donors (Lipinski definition) is 0. The Kier molecular flexibility index (Phi) is 5.73. The van der Waals surface area contributed by atoms with E-state index in [2.05, 4.69) is 0 Å². The zero-order valence-corrected chi connectivity index (χ0v) is 18.1. The van der Waals surface area contributed by atoms with Gasteiger partial charge in [0.05, 0.1) is 29.2 Å². The second-order valence-electron chi connectivity index (χ2n) is 7.70. The van der Waals surface area contributed by atoms with Crippen molar-refractivity contribution >= 4 is 25.8 Å². The van der Waals surface area contributed by atoms with Crippen molar-refractivity contribution in [1.29, 1.82) is 0 Å². The molecular formula is C20H24N2O6S2. The molecule has 0 N–H and O–H groups in total. The molecule has 2 aliphatic rings. The summed E-state index contributed by atoms with van der Waals surface area (Å²) in [6.45, 7) is 1.17. The molecule has 0 unspecified atom stereocenters. The van der Waals surface area contributed by atoms with Crippen LogP contribution in [0.1, 0.15) is 35.4 Å². The van der Waals surface area contributed by atoms with Crippen molar-refractivity contribution in [3.8, 4) is 0 Å². The molecule has 0 spiro atoms. The van der Waals surface area contributed by atoms with Gasteiger partial charge in [0.2, 0.25) is 10.0 Å². The van der Waals surface area contributed by atoms with Gasteiger partial charge in [-0.1, -0.05) is 0 Å². The third-order valence-corrected chi connectivity index (χ3v) is 9.28. The topological polar surface area (TPSA) is 105 Å². The first kappa shape index (κ1) is 21.1. The molecule has 30 heavy (non-hydrogen) atoms. The number of benzene rings is 1. The molecule has 0 saturated carbocycles. The summed E-state index contributed by atoms with van der Waals surface area (Å²) in [5.74, 6) is 0.174. The molecule has 0 bridgehead atoms. The molecule has 1 aromatic carbocycles. The van der Waals surface area contributed by atoms with Gasteiger partial charge in [-0.25, -0.2) is 16.8 Å². The van der Waals surface area contributed by atoms with Crippen LogP contribution in [0.25, 0.3) is 0 Å². The molecule has 8 nitrogen and oxygen atoms in total. The molecule has 162 valence electrons. The SMILES string of the molecule is O=C(c1ccc(S(=O)(=O)N2CCCC2)cc1)N(Cc1ccco1)[C@H]1CCS(=O)(=O)C1. The maximum absolute atomic E-state index is 13.2. The smallest absolute Gasteiger partial charge is 0.254 e. The average Bonchev–Trinajstić information content (AvgIpc) is 3.48. The van der Waals surface area contributed by atoms with Crippen LogP contribution in [0.4, 0.5) is 0 Å².